The molecular weight excluding hydrogens is 334 g/mol. The molecule has 8 heteroatoms. The van der Waals surface area contributed by atoms with Gasteiger partial charge in [-0.3, -0.25) is 4.79 Å². The number of thioether (sulfide) groups is 1. The Labute approximate surface area is 139 Å². The smallest absolute Gasteiger partial charge is 0.262 e. The lowest BCUT2D eigenvalue weighted by molar-refractivity contribution is -0.116. The van der Waals surface area contributed by atoms with E-state index < -0.39 is 15.7 Å². The Morgan fingerprint density at radius 1 is 1.43 bits per heavy atom. The number of carbonyl (C=O) groups is 1. The van der Waals surface area contributed by atoms with Crippen LogP contribution in [0.3, 0.4) is 0 Å². The van der Waals surface area contributed by atoms with Gasteiger partial charge in [-0.05, 0) is 18.6 Å². The number of amides is 1. The molecule has 0 radical (unpaired) electrons. The first-order valence-corrected chi connectivity index (χ1v) is 9.82. The molecule has 2 fully saturated rings. The zero-order chi connectivity index (χ0) is 16.6. The topological polar surface area (TPSA) is 90.6 Å². The van der Waals surface area contributed by atoms with Crippen molar-refractivity contribution in [3.05, 3.63) is 29.8 Å². The second-order valence-electron chi connectivity index (χ2n) is 5.58. The summed E-state index contributed by atoms with van der Waals surface area (Å²) in [5.41, 5.74) is 1.84. The molecular formula is C15H15N3O3S2. The fraction of sp³-hybridized carbons (Fsp3) is 0.400. The number of nitriles is 1. The summed E-state index contributed by atoms with van der Waals surface area (Å²) in [5.74, 6) is -0.350. The predicted octanol–water partition coefficient (Wildman–Crippen LogP) is 1.51. The Bertz CT molecular complexity index is 827. The van der Waals surface area contributed by atoms with Crippen molar-refractivity contribution in [1.82, 2.24) is 0 Å². The van der Waals surface area contributed by atoms with E-state index >= 15 is 0 Å². The van der Waals surface area contributed by atoms with Crippen molar-refractivity contribution in [3.63, 3.8) is 0 Å². The van der Waals surface area contributed by atoms with Gasteiger partial charge >= 0.3 is 0 Å². The van der Waals surface area contributed by atoms with Crippen molar-refractivity contribution in [1.29, 1.82) is 5.26 Å². The van der Waals surface area contributed by atoms with Crippen LogP contribution in [0.1, 0.15) is 12.0 Å². The summed E-state index contributed by atoms with van der Waals surface area (Å²) in [6.45, 7) is 1.94. The molecule has 1 aromatic carbocycles. The van der Waals surface area contributed by atoms with Crippen LogP contribution in [0.2, 0.25) is 0 Å². The number of carbonyl (C=O) groups excluding carboxylic acids is 1. The van der Waals surface area contributed by atoms with Crippen LogP contribution in [-0.4, -0.2) is 42.3 Å². The minimum absolute atomic E-state index is 0.0600. The minimum atomic E-state index is -3.08. The molecule has 2 aliphatic heterocycles. The van der Waals surface area contributed by atoms with Crippen LogP contribution < -0.4 is 4.90 Å². The predicted molar refractivity (Wildman–Crippen MR) is 90.2 cm³/mol. The van der Waals surface area contributed by atoms with Crippen molar-refractivity contribution in [2.24, 2.45) is 4.99 Å². The third kappa shape index (κ3) is 3.12. The second-order valence-corrected chi connectivity index (χ2v) is 8.94. The SMILES string of the molecule is Cc1ccccc1N1C(=NC(=O)CC#N)S[C@H]2CS(=O)(=O)C[C@@H]21. The van der Waals surface area contributed by atoms with Gasteiger partial charge in [0.15, 0.2) is 15.0 Å². The maximum atomic E-state index is 11.9. The third-order valence-corrected chi connectivity index (χ3v) is 7.10. The molecule has 0 aliphatic carbocycles. The molecule has 0 N–H and O–H groups in total. The van der Waals surface area contributed by atoms with Gasteiger partial charge in [-0.15, -0.1) is 0 Å². The summed E-state index contributed by atoms with van der Waals surface area (Å²) in [6.07, 6.45) is -0.278. The van der Waals surface area contributed by atoms with Gasteiger partial charge in [0.25, 0.3) is 5.91 Å². The average Bonchev–Trinajstić information content (AvgIpc) is 2.91. The number of para-hydroxylation sites is 1. The van der Waals surface area contributed by atoms with Gasteiger partial charge in [0.05, 0.1) is 23.6 Å². The molecule has 2 aliphatic rings. The van der Waals surface area contributed by atoms with E-state index in [1.165, 1.54) is 11.8 Å². The maximum absolute atomic E-state index is 11.9. The molecule has 0 unspecified atom stereocenters. The summed E-state index contributed by atoms with van der Waals surface area (Å²) in [6, 6.07) is 9.18. The van der Waals surface area contributed by atoms with Crippen LogP contribution in [-0.2, 0) is 14.6 Å². The van der Waals surface area contributed by atoms with E-state index in [9.17, 15) is 13.2 Å². The first-order chi connectivity index (χ1) is 10.9. The molecule has 1 amide bonds. The maximum Gasteiger partial charge on any atom is 0.262 e. The molecule has 1 aromatic rings. The van der Waals surface area contributed by atoms with Crippen molar-refractivity contribution in [2.45, 2.75) is 24.6 Å². The molecule has 2 saturated heterocycles. The Balaban J connectivity index is 2.03. The van der Waals surface area contributed by atoms with Gasteiger partial charge in [-0.1, -0.05) is 30.0 Å². The van der Waals surface area contributed by atoms with E-state index in [0.29, 0.717) is 5.17 Å². The monoisotopic (exact) mass is 349 g/mol. The highest BCUT2D eigenvalue weighted by Gasteiger charge is 2.49. The van der Waals surface area contributed by atoms with Gasteiger partial charge in [0.2, 0.25) is 0 Å². The van der Waals surface area contributed by atoms with E-state index in [0.717, 1.165) is 11.3 Å². The van der Waals surface area contributed by atoms with Crippen molar-refractivity contribution in [2.75, 3.05) is 16.4 Å². The molecule has 0 spiro atoms. The lowest BCUT2D eigenvalue weighted by atomic mass is 10.1. The number of anilines is 1. The van der Waals surface area contributed by atoms with E-state index in [2.05, 4.69) is 4.99 Å². The fourth-order valence-corrected chi connectivity index (χ4v) is 6.82. The number of rotatable bonds is 2. The average molecular weight is 349 g/mol. The number of sulfone groups is 1. The number of fused-ring (bicyclic) bond motifs is 1. The zero-order valence-corrected chi connectivity index (χ0v) is 14.1. The summed E-state index contributed by atoms with van der Waals surface area (Å²) >= 11 is 1.32. The lowest BCUT2D eigenvalue weighted by Gasteiger charge is -2.26. The number of hydrogen-bond acceptors (Lipinski definition) is 5. The number of nitrogens with zero attached hydrogens (tertiary/aromatic N) is 3. The molecule has 23 heavy (non-hydrogen) atoms. The van der Waals surface area contributed by atoms with Gasteiger partial charge in [-0.25, -0.2) is 8.42 Å². The van der Waals surface area contributed by atoms with Crippen LogP contribution >= 0.6 is 11.8 Å². The van der Waals surface area contributed by atoms with Crippen LogP contribution in [0.4, 0.5) is 5.69 Å². The Kier molecular flexibility index (Phi) is 4.17. The molecule has 6 nitrogen and oxygen atoms in total. The highest BCUT2D eigenvalue weighted by molar-refractivity contribution is 8.16. The first kappa shape index (κ1) is 16.0. The molecule has 0 saturated carbocycles. The third-order valence-electron chi connectivity index (χ3n) is 3.89. The molecule has 120 valence electrons. The van der Waals surface area contributed by atoms with Crippen LogP contribution in [0.25, 0.3) is 0 Å². The Hall–Kier alpha value is -1.85. The van der Waals surface area contributed by atoms with E-state index in [1.54, 1.807) is 6.07 Å². The second kappa shape index (κ2) is 5.98. The number of aryl methyl sites for hydroxylation is 1. The first-order valence-electron chi connectivity index (χ1n) is 7.12. The summed E-state index contributed by atoms with van der Waals surface area (Å²) in [7, 11) is -3.08. The summed E-state index contributed by atoms with van der Waals surface area (Å²) < 4.78 is 23.9. The summed E-state index contributed by atoms with van der Waals surface area (Å²) in [4.78, 5) is 17.6. The van der Waals surface area contributed by atoms with Gasteiger partial charge in [0, 0.05) is 10.9 Å². The Morgan fingerprint density at radius 3 is 2.87 bits per heavy atom. The quantitative estimate of drug-likeness (QED) is 0.804. The van der Waals surface area contributed by atoms with Crippen molar-refractivity contribution < 1.29 is 13.2 Å². The fourth-order valence-electron chi connectivity index (χ4n) is 2.89. The number of benzene rings is 1. The van der Waals surface area contributed by atoms with E-state index in [-0.39, 0.29) is 29.2 Å². The largest absolute Gasteiger partial charge is 0.315 e. The molecule has 2 atom stereocenters. The highest BCUT2D eigenvalue weighted by atomic mass is 32.2. The normalized spacial score (nSPS) is 27.0. The van der Waals surface area contributed by atoms with Crippen LogP contribution in [0.5, 0.6) is 0 Å². The van der Waals surface area contributed by atoms with Gasteiger partial charge in [0.1, 0.15) is 6.42 Å². The molecule has 3 rings (SSSR count). The summed E-state index contributed by atoms with van der Waals surface area (Å²) in [5, 5.41) is 8.99. The Morgan fingerprint density at radius 2 is 2.17 bits per heavy atom. The standard InChI is InChI=1S/C15H15N3O3S2/c1-10-4-2-3-5-11(10)18-12-8-23(20,21)9-13(12)22-15(18)17-14(19)6-7-16/h2-5,12-13H,6,8-9H2,1H3/t12-,13-/m0/s1. The van der Waals surface area contributed by atoms with Gasteiger partial charge in [-0.2, -0.15) is 10.3 Å². The van der Waals surface area contributed by atoms with Gasteiger partial charge < -0.3 is 4.90 Å². The van der Waals surface area contributed by atoms with Crippen LogP contribution in [0.15, 0.2) is 29.3 Å². The lowest BCUT2D eigenvalue weighted by Crippen LogP contribution is -2.38. The highest BCUT2D eigenvalue weighted by Crippen LogP contribution is 2.41. The minimum Gasteiger partial charge on any atom is -0.315 e. The van der Waals surface area contributed by atoms with E-state index in [4.69, 9.17) is 5.26 Å². The molecule has 0 aromatic heterocycles. The number of aliphatic imine (C=N–C) groups is 1. The zero-order valence-electron chi connectivity index (χ0n) is 12.5. The van der Waals surface area contributed by atoms with Crippen molar-refractivity contribution in [3.8, 4) is 6.07 Å². The number of hydrogen-bond donors (Lipinski definition) is 0. The van der Waals surface area contributed by atoms with Crippen LogP contribution in [0, 0.1) is 18.3 Å². The van der Waals surface area contributed by atoms with E-state index in [1.807, 2.05) is 36.1 Å². The molecule has 2 heterocycles. The van der Waals surface area contributed by atoms with Crippen molar-refractivity contribution >= 4 is 38.4 Å². The number of amidine groups is 1. The molecule has 0 bridgehead atoms.